The van der Waals surface area contributed by atoms with Crippen molar-refractivity contribution in [2.75, 3.05) is 13.2 Å². The van der Waals surface area contributed by atoms with E-state index in [-0.39, 0.29) is 25.4 Å². The van der Waals surface area contributed by atoms with Crippen molar-refractivity contribution >= 4 is 7.82 Å². The van der Waals surface area contributed by atoms with E-state index in [4.69, 9.17) is 28.6 Å². The summed E-state index contributed by atoms with van der Waals surface area (Å²) in [4.78, 5) is 29.2. The maximum Gasteiger partial charge on any atom is 0.530 e. The van der Waals surface area contributed by atoms with E-state index in [9.17, 15) is 14.2 Å². The number of rotatable bonds is 5. The molecule has 1 aromatic carbocycles. The third kappa shape index (κ3) is 3.27. The van der Waals surface area contributed by atoms with Crippen molar-refractivity contribution in [1.29, 1.82) is 0 Å². The highest BCUT2D eigenvalue weighted by molar-refractivity contribution is 7.49. The van der Waals surface area contributed by atoms with E-state index in [2.05, 4.69) is 15.0 Å². The second-order valence-corrected chi connectivity index (χ2v) is 9.22. The topological polar surface area (TPSA) is 167 Å². The van der Waals surface area contributed by atoms with Gasteiger partial charge in [0.2, 0.25) is 0 Å². The Kier molecular flexibility index (Phi) is 4.97. The Balaban J connectivity index is 1.40. The zero-order chi connectivity index (χ0) is 22.5. The fourth-order valence-electron chi connectivity index (χ4n) is 3.95. The van der Waals surface area contributed by atoms with Crippen molar-refractivity contribution in [2.45, 2.75) is 37.5 Å². The number of aryl methyl sites for hydroxylation is 1. The first-order valence-electron chi connectivity index (χ1n) is 9.67. The third-order valence-electron chi connectivity index (χ3n) is 5.70. The first kappa shape index (κ1) is 21.0. The number of azide groups is 1. The Bertz CT molecular complexity index is 1290. The molecule has 0 bridgehead atoms. The van der Waals surface area contributed by atoms with E-state index in [1.807, 2.05) is 0 Å². The maximum absolute atomic E-state index is 13.0. The summed E-state index contributed by atoms with van der Waals surface area (Å²) in [7, 11) is -3.96. The second-order valence-electron chi connectivity index (χ2n) is 7.62. The molecule has 0 saturated carbocycles. The Hall–Kier alpha value is -2.92. The lowest BCUT2D eigenvalue weighted by molar-refractivity contribution is -0.138. The van der Waals surface area contributed by atoms with Gasteiger partial charge in [-0.25, -0.2) is 9.36 Å². The lowest BCUT2D eigenvalue weighted by Crippen LogP contribution is -2.61. The van der Waals surface area contributed by atoms with E-state index >= 15 is 0 Å². The smallest absolute Gasteiger partial charge is 0.404 e. The summed E-state index contributed by atoms with van der Waals surface area (Å²) in [5.41, 5.74) is 7.70. The fourth-order valence-corrected chi connectivity index (χ4v) is 5.16. The molecule has 13 nitrogen and oxygen atoms in total. The fraction of sp³-hybridized carbons (Fsp3) is 0.444. The number of aromatic amines is 1. The number of hydrogen-bond acceptors (Lipinski definition) is 9. The molecule has 0 radical (unpaired) electrons. The van der Waals surface area contributed by atoms with Crippen molar-refractivity contribution < 1.29 is 27.6 Å². The zero-order valence-corrected chi connectivity index (χ0v) is 17.6. The molecule has 168 valence electrons. The minimum atomic E-state index is -3.96. The van der Waals surface area contributed by atoms with Crippen molar-refractivity contribution in [1.82, 2.24) is 9.55 Å². The molecule has 2 saturated heterocycles. The van der Waals surface area contributed by atoms with Crippen LogP contribution >= 0.6 is 7.82 Å². The Morgan fingerprint density at radius 2 is 2.22 bits per heavy atom. The molecule has 0 amide bonds. The normalized spacial score (nSPS) is 32.7. The first-order valence-corrected chi connectivity index (χ1v) is 11.1. The minimum Gasteiger partial charge on any atom is -0.404 e. The highest BCUT2D eigenvalue weighted by Crippen LogP contribution is 2.56. The molecule has 3 aliphatic heterocycles. The lowest BCUT2D eigenvalue weighted by Gasteiger charge is -2.43. The van der Waals surface area contributed by atoms with Crippen LogP contribution in [0.3, 0.4) is 0 Å². The van der Waals surface area contributed by atoms with Crippen molar-refractivity contribution in [2.24, 2.45) is 5.11 Å². The number of nitrogens with zero attached hydrogens (tertiary/aromatic N) is 4. The number of nitrogens with one attached hydrogen (secondary N) is 1. The number of phosphoric acid groups is 1. The molecule has 0 aliphatic carbocycles. The number of benzene rings is 1. The molecule has 2 aromatic rings. The van der Waals surface area contributed by atoms with Crippen LogP contribution in [0.5, 0.6) is 5.75 Å². The van der Waals surface area contributed by atoms with Gasteiger partial charge in [0.05, 0.1) is 19.8 Å². The van der Waals surface area contributed by atoms with Crippen LogP contribution in [0.4, 0.5) is 0 Å². The van der Waals surface area contributed by atoms with Crippen molar-refractivity contribution in [3.8, 4) is 5.75 Å². The molecule has 1 N–H and O–H groups in total. The van der Waals surface area contributed by atoms with Crippen LogP contribution in [0.1, 0.15) is 17.4 Å². The van der Waals surface area contributed by atoms with Gasteiger partial charge in [-0.05, 0) is 18.5 Å². The van der Waals surface area contributed by atoms with Crippen molar-refractivity contribution in [3.05, 3.63) is 72.9 Å². The number of fused-ring (bicyclic) bond motifs is 2. The SMILES string of the molecule is Cc1cn([C@@H]2O[C@H](COP3(=O)OCc4ccccc4O3)[C@]3(N=[N+]=[N-])CO[C@H]23)c(=O)[nH]c1=O. The van der Waals surface area contributed by atoms with Gasteiger partial charge in [-0.15, -0.1) is 0 Å². The van der Waals surface area contributed by atoms with Gasteiger partial charge in [0.15, 0.2) is 6.23 Å². The summed E-state index contributed by atoms with van der Waals surface area (Å²) in [6.07, 6.45) is -1.40. The molecule has 5 atom stereocenters. The highest BCUT2D eigenvalue weighted by atomic mass is 31.2. The molecule has 2 fully saturated rings. The van der Waals surface area contributed by atoms with E-state index in [0.29, 0.717) is 5.75 Å². The van der Waals surface area contributed by atoms with Gasteiger partial charge in [-0.2, -0.15) is 0 Å². The summed E-state index contributed by atoms with van der Waals surface area (Å²) in [5, 5.41) is 3.86. The van der Waals surface area contributed by atoms with Gasteiger partial charge in [0.1, 0.15) is 23.5 Å². The molecule has 32 heavy (non-hydrogen) atoms. The monoisotopic (exact) mass is 463 g/mol. The molecule has 1 unspecified atom stereocenters. The van der Waals surface area contributed by atoms with E-state index < -0.39 is 43.0 Å². The summed E-state index contributed by atoms with van der Waals surface area (Å²) in [6.45, 7) is 1.28. The van der Waals surface area contributed by atoms with Crippen LogP contribution in [-0.4, -0.2) is 40.5 Å². The van der Waals surface area contributed by atoms with Crippen molar-refractivity contribution in [3.63, 3.8) is 0 Å². The van der Waals surface area contributed by atoms with Crippen LogP contribution in [0.15, 0.2) is 45.2 Å². The number of hydrogen-bond donors (Lipinski definition) is 1. The van der Waals surface area contributed by atoms with Gasteiger partial charge in [0.25, 0.3) is 5.56 Å². The number of ether oxygens (including phenoxy) is 2. The zero-order valence-electron chi connectivity index (χ0n) is 16.7. The molecule has 5 rings (SSSR count). The summed E-state index contributed by atoms with van der Waals surface area (Å²) in [6, 6.07) is 6.96. The Morgan fingerprint density at radius 3 is 2.97 bits per heavy atom. The Labute approximate surface area is 180 Å². The van der Waals surface area contributed by atoms with Crippen LogP contribution in [0.2, 0.25) is 0 Å². The van der Waals surface area contributed by atoms with Gasteiger partial charge in [-0.3, -0.25) is 23.4 Å². The van der Waals surface area contributed by atoms with Crippen LogP contribution in [0.25, 0.3) is 10.4 Å². The second kappa shape index (κ2) is 7.59. The summed E-state index contributed by atoms with van der Waals surface area (Å²) in [5.74, 6) is 0.386. The minimum absolute atomic E-state index is 0.0121. The number of para-hydroxylation sites is 1. The average Bonchev–Trinajstić information content (AvgIpc) is 2.96. The molecule has 14 heteroatoms. The van der Waals surface area contributed by atoms with Gasteiger partial charge in [-0.1, -0.05) is 23.3 Å². The van der Waals surface area contributed by atoms with Crippen LogP contribution in [-0.2, 0) is 29.7 Å². The maximum atomic E-state index is 13.0. The molecule has 4 heterocycles. The summed E-state index contributed by atoms with van der Waals surface area (Å²) < 4.78 is 41.9. The number of H-pyrrole nitrogens is 1. The van der Waals surface area contributed by atoms with E-state index in [1.54, 1.807) is 24.3 Å². The highest BCUT2D eigenvalue weighted by Gasteiger charge is 2.65. The predicted octanol–water partition coefficient (Wildman–Crippen LogP) is 1.92. The molecule has 1 aromatic heterocycles. The average molecular weight is 463 g/mol. The van der Waals surface area contributed by atoms with Crippen LogP contribution in [0, 0.1) is 6.92 Å². The van der Waals surface area contributed by atoms with Gasteiger partial charge >= 0.3 is 13.5 Å². The van der Waals surface area contributed by atoms with Crippen LogP contribution < -0.4 is 15.8 Å². The Morgan fingerprint density at radius 1 is 1.41 bits per heavy atom. The quantitative estimate of drug-likeness (QED) is 0.304. The first-order chi connectivity index (χ1) is 15.3. The molecule has 0 spiro atoms. The molecule has 3 aliphatic rings. The number of aromatic nitrogens is 2. The predicted molar refractivity (Wildman–Crippen MR) is 107 cm³/mol. The lowest BCUT2D eigenvalue weighted by atomic mass is 9.85. The number of phosphoric ester groups is 1. The van der Waals surface area contributed by atoms with Gasteiger partial charge in [0, 0.05) is 22.2 Å². The van der Waals surface area contributed by atoms with E-state index in [0.717, 1.165) is 10.1 Å². The van der Waals surface area contributed by atoms with E-state index in [1.165, 1.54) is 13.1 Å². The molecular weight excluding hydrogens is 445 g/mol. The molecular formula is C18H18N5O8P. The largest absolute Gasteiger partial charge is 0.530 e. The third-order valence-corrected chi connectivity index (χ3v) is 7.03. The summed E-state index contributed by atoms with van der Waals surface area (Å²) >= 11 is 0. The van der Waals surface area contributed by atoms with Gasteiger partial charge < -0.3 is 14.0 Å². The standard InChI is InChI=1S/C18H18N5O8P/c1-10-6-23(17(25)20-15(10)24)16-14-18(9-27-14,21-22-19)13(30-16)8-29-32(26)28-7-11-4-2-3-5-12(11)31-32/h2-6,13-14,16H,7-9H2,1H3,(H,20,24,25)/t13-,14-,16-,18-,32?/m1/s1.